The number of nitrogens with one attached hydrogen (secondary N) is 1. The molecule has 2 aromatic carbocycles. The van der Waals surface area contributed by atoms with Crippen molar-refractivity contribution in [1.82, 2.24) is 5.32 Å². The molecule has 3 heteroatoms. The quantitative estimate of drug-likeness (QED) is 0.912. The molecule has 0 bridgehead atoms. The molecule has 0 spiro atoms. The summed E-state index contributed by atoms with van der Waals surface area (Å²) in [5.41, 5.74) is 4.24. The average Bonchev–Trinajstić information content (AvgIpc) is 2.45. The second-order valence-electron chi connectivity index (χ2n) is 5.17. The van der Waals surface area contributed by atoms with E-state index in [1.165, 1.54) is 16.7 Å². The fourth-order valence-corrected chi connectivity index (χ4v) is 3.63. The van der Waals surface area contributed by atoms with Gasteiger partial charge in [0, 0.05) is 12.0 Å². The zero-order valence-electron chi connectivity index (χ0n) is 11.7. The zero-order valence-corrected chi connectivity index (χ0v) is 13.3. The number of halogens is 1. The average molecular weight is 332 g/mol. The van der Waals surface area contributed by atoms with Gasteiger partial charge in [0.15, 0.2) is 0 Å². The minimum atomic E-state index is 0.340. The molecule has 0 heterocycles. The van der Waals surface area contributed by atoms with Gasteiger partial charge in [0.2, 0.25) is 0 Å². The summed E-state index contributed by atoms with van der Waals surface area (Å²) in [5.74, 6) is 1.43. The molecule has 20 heavy (non-hydrogen) atoms. The first-order valence-corrected chi connectivity index (χ1v) is 7.62. The first kappa shape index (κ1) is 13.7. The molecule has 0 saturated carbocycles. The lowest BCUT2D eigenvalue weighted by molar-refractivity contribution is 0.409. The Morgan fingerprint density at radius 1 is 1.25 bits per heavy atom. The maximum absolute atomic E-state index is 5.30. The minimum absolute atomic E-state index is 0.340. The molecule has 0 radical (unpaired) electrons. The summed E-state index contributed by atoms with van der Waals surface area (Å²) in [6, 6.07) is 15.4. The second-order valence-corrected chi connectivity index (χ2v) is 6.02. The molecule has 1 N–H and O–H groups in total. The maximum atomic E-state index is 5.30. The van der Waals surface area contributed by atoms with Gasteiger partial charge >= 0.3 is 0 Å². The van der Waals surface area contributed by atoms with Crippen molar-refractivity contribution in [2.45, 2.75) is 18.4 Å². The van der Waals surface area contributed by atoms with Crippen LogP contribution in [-0.2, 0) is 6.42 Å². The summed E-state index contributed by atoms with van der Waals surface area (Å²) in [6.45, 7) is 0. The Labute approximate surface area is 128 Å². The molecular formula is C17H18BrNO. The largest absolute Gasteiger partial charge is 0.496 e. The molecule has 0 amide bonds. The monoisotopic (exact) mass is 331 g/mol. The van der Waals surface area contributed by atoms with Crippen LogP contribution in [0.2, 0.25) is 0 Å². The lowest BCUT2D eigenvalue weighted by Crippen LogP contribution is -2.31. The Morgan fingerprint density at radius 2 is 2.05 bits per heavy atom. The molecule has 2 atom stereocenters. The number of hydrogen-bond acceptors (Lipinski definition) is 2. The van der Waals surface area contributed by atoms with Gasteiger partial charge in [0.1, 0.15) is 5.75 Å². The van der Waals surface area contributed by atoms with Crippen LogP contribution in [0.25, 0.3) is 0 Å². The van der Waals surface area contributed by atoms with Crippen LogP contribution in [0, 0.1) is 0 Å². The van der Waals surface area contributed by atoms with Gasteiger partial charge in [-0.15, -0.1) is 0 Å². The van der Waals surface area contributed by atoms with Gasteiger partial charge in [-0.05, 0) is 58.2 Å². The molecule has 0 fully saturated rings. The molecule has 0 aromatic heterocycles. The third-order valence-corrected chi connectivity index (χ3v) is 4.76. The van der Waals surface area contributed by atoms with Gasteiger partial charge in [0.25, 0.3) is 0 Å². The van der Waals surface area contributed by atoms with Gasteiger partial charge < -0.3 is 10.1 Å². The normalized spacial score (nSPS) is 18.1. The zero-order chi connectivity index (χ0) is 14.1. The highest BCUT2D eigenvalue weighted by atomic mass is 79.9. The number of likely N-dealkylation sites (N-methyl/N-ethyl adjacent to an activating group) is 1. The lowest BCUT2D eigenvalue weighted by Gasteiger charge is -2.37. The molecule has 2 nitrogen and oxygen atoms in total. The van der Waals surface area contributed by atoms with Crippen molar-refractivity contribution < 1.29 is 4.74 Å². The smallest absolute Gasteiger partial charge is 0.133 e. The first-order valence-electron chi connectivity index (χ1n) is 6.83. The van der Waals surface area contributed by atoms with E-state index >= 15 is 0 Å². The van der Waals surface area contributed by atoms with Gasteiger partial charge in [-0.25, -0.2) is 0 Å². The van der Waals surface area contributed by atoms with Crippen molar-refractivity contribution in [3.8, 4) is 5.75 Å². The van der Waals surface area contributed by atoms with E-state index < -0.39 is 0 Å². The topological polar surface area (TPSA) is 21.3 Å². The molecule has 3 rings (SSSR count). The fraction of sp³-hybridized carbons (Fsp3) is 0.294. The molecule has 1 aliphatic rings. The number of methoxy groups -OCH3 is 1. The van der Waals surface area contributed by atoms with Gasteiger partial charge in [-0.2, -0.15) is 0 Å². The molecule has 0 saturated heterocycles. The van der Waals surface area contributed by atoms with Crippen LogP contribution in [0.15, 0.2) is 46.9 Å². The number of ether oxygens (including phenoxy) is 1. The van der Waals surface area contributed by atoms with E-state index in [-0.39, 0.29) is 0 Å². The van der Waals surface area contributed by atoms with Crippen LogP contribution in [0.5, 0.6) is 5.75 Å². The summed E-state index contributed by atoms with van der Waals surface area (Å²) in [6.07, 6.45) is 1.14. The molecule has 2 unspecified atom stereocenters. The SMILES string of the molecule is CNC(c1ccc(OC)c(Br)c1)C1Cc2ccccc21. The lowest BCUT2D eigenvalue weighted by atomic mass is 9.72. The maximum Gasteiger partial charge on any atom is 0.133 e. The van der Waals surface area contributed by atoms with Crippen molar-refractivity contribution in [2.75, 3.05) is 14.2 Å². The minimum Gasteiger partial charge on any atom is -0.496 e. The van der Waals surface area contributed by atoms with E-state index in [0.29, 0.717) is 12.0 Å². The Morgan fingerprint density at radius 3 is 2.70 bits per heavy atom. The van der Waals surface area contributed by atoms with E-state index in [0.717, 1.165) is 16.6 Å². The highest BCUT2D eigenvalue weighted by Gasteiger charge is 2.32. The van der Waals surface area contributed by atoms with Crippen LogP contribution in [0.1, 0.15) is 28.7 Å². The van der Waals surface area contributed by atoms with Crippen molar-refractivity contribution in [1.29, 1.82) is 0 Å². The van der Waals surface area contributed by atoms with Crippen molar-refractivity contribution in [3.05, 3.63) is 63.6 Å². The fourth-order valence-electron chi connectivity index (χ4n) is 3.07. The van der Waals surface area contributed by atoms with E-state index in [4.69, 9.17) is 4.74 Å². The molecule has 0 aliphatic heterocycles. The third-order valence-electron chi connectivity index (χ3n) is 4.14. The highest BCUT2D eigenvalue weighted by Crippen LogP contribution is 2.44. The summed E-state index contributed by atoms with van der Waals surface area (Å²) in [5, 5.41) is 3.46. The van der Waals surface area contributed by atoms with E-state index in [9.17, 15) is 0 Å². The number of benzene rings is 2. The van der Waals surface area contributed by atoms with Crippen molar-refractivity contribution >= 4 is 15.9 Å². The van der Waals surface area contributed by atoms with Crippen LogP contribution >= 0.6 is 15.9 Å². The van der Waals surface area contributed by atoms with Crippen molar-refractivity contribution in [2.24, 2.45) is 0 Å². The Hall–Kier alpha value is -1.32. The number of hydrogen-bond donors (Lipinski definition) is 1. The van der Waals surface area contributed by atoms with Crippen LogP contribution in [0.3, 0.4) is 0 Å². The Bertz CT molecular complexity index is 626. The number of fused-ring (bicyclic) bond motifs is 1. The summed E-state index contributed by atoms with van der Waals surface area (Å²) < 4.78 is 6.31. The van der Waals surface area contributed by atoms with Crippen molar-refractivity contribution in [3.63, 3.8) is 0 Å². The number of rotatable bonds is 4. The Kier molecular flexibility index (Phi) is 3.81. The summed E-state index contributed by atoms with van der Waals surface area (Å²) in [7, 11) is 3.72. The highest BCUT2D eigenvalue weighted by molar-refractivity contribution is 9.10. The van der Waals surface area contributed by atoms with Gasteiger partial charge in [-0.3, -0.25) is 0 Å². The summed E-state index contributed by atoms with van der Waals surface area (Å²) in [4.78, 5) is 0. The van der Waals surface area contributed by atoms with E-state index in [1.54, 1.807) is 7.11 Å². The standard InChI is InChI=1S/C17H18BrNO/c1-19-17(12-7-8-16(20-2)15(18)10-12)14-9-11-5-3-4-6-13(11)14/h3-8,10,14,17,19H,9H2,1-2H3. The third kappa shape index (κ3) is 2.25. The Balaban J connectivity index is 1.90. The molecule has 104 valence electrons. The summed E-state index contributed by atoms with van der Waals surface area (Å²) >= 11 is 3.57. The second kappa shape index (κ2) is 5.58. The van der Waals surface area contributed by atoms with Crippen LogP contribution in [0.4, 0.5) is 0 Å². The molecule has 1 aliphatic carbocycles. The molecule has 2 aromatic rings. The van der Waals surface area contributed by atoms with Crippen LogP contribution in [-0.4, -0.2) is 14.2 Å². The molecular weight excluding hydrogens is 314 g/mol. The van der Waals surface area contributed by atoms with E-state index in [1.807, 2.05) is 13.1 Å². The predicted octanol–water partition coefficient (Wildman–Crippen LogP) is 4.06. The van der Waals surface area contributed by atoms with Crippen LogP contribution < -0.4 is 10.1 Å². The first-order chi connectivity index (χ1) is 9.74. The van der Waals surface area contributed by atoms with E-state index in [2.05, 4.69) is 57.6 Å². The van der Waals surface area contributed by atoms with Gasteiger partial charge in [-0.1, -0.05) is 30.3 Å². The predicted molar refractivity (Wildman–Crippen MR) is 85.4 cm³/mol. The van der Waals surface area contributed by atoms with Gasteiger partial charge in [0.05, 0.1) is 11.6 Å².